The SMILES string of the molecule is CC(C)CCN(CCC(=O)N1CCN(Cc2ccc3c(c2)OCO3)CC1)C(=O)c1cnccn1. The second-order valence-electron chi connectivity index (χ2n) is 9.16. The average molecular weight is 468 g/mol. The topological polar surface area (TPSA) is 88.1 Å². The molecule has 0 radical (unpaired) electrons. The summed E-state index contributed by atoms with van der Waals surface area (Å²) in [5, 5.41) is 0. The molecule has 1 aromatic heterocycles. The summed E-state index contributed by atoms with van der Waals surface area (Å²) in [4.78, 5) is 39.9. The Labute approximate surface area is 200 Å². The largest absolute Gasteiger partial charge is 0.454 e. The number of fused-ring (bicyclic) bond motifs is 1. The second-order valence-corrected chi connectivity index (χ2v) is 9.16. The van der Waals surface area contributed by atoms with E-state index in [0.717, 1.165) is 37.6 Å². The quantitative estimate of drug-likeness (QED) is 0.560. The fraction of sp³-hybridized carbons (Fsp3) is 0.520. The van der Waals surface area contributed by atoms with Crippen molar-refractivity contribution in [1.29, 1.82) is 0 Å². The number of nitrogens with zero attached hydrogens (tertiary/aromatic N) is 5. The minimum absolute atomic E-state index is 0.0872. The second kappa shape index (κ2) is 11.3. The Hall–Kier alpha value is -3.20. The van der Waals surface area contributed by atoms with Gasteiger partial charge in [-0.25, -0.2) is 4.98 Å². The summed E-state index contributed by atoms with van der Waals surface area (Å²) in [6.45, 7) is 9.33. The van der Waals surface area contributed by atoms with Crippen molar-refractivity contribution in [3.05, 3.63) is 48.0 Å². The number of carbonyl (C=O) groups is 2. The van der Waals surface area contributed by atoms with Crippen molar-refractivity contribution in [2.24, 2.45) is 5.92 Å². The van der Waals surface area contributed by atoms with Crippen LogP contribution in [0.2, 0.25) is 0 Å². The van der Waals surface area contributed by atoms with Gasteiger partial charge < -0.3 is 19.3 Å². The third kappa shape index (κ3) is 6.22. The molecule has 0 atom stereocenters. The summed E-state index contributed by atoms with van der Waals surface area (Å²) in [6.07, 6.45) is 5.73. The molecule has 0 bridgehead atoms. The lowest BCUT2D eigenvalue weighted by Gasteiger charge is -2.35. The van der Waals surface area contributed by atoms with Crippen LogP contribution in [-0.4, -0.2) is 82.5 Å². The molecule has 1 saturated heterocycles. The van der Waals surface area contributed by atoms with Gasteiger partial charge in [-0.05, 0) is 30.0 Å². The van der Waals surface area contributed by atoms with Crippen LogP contribution in [0.3, 0.4) is 0 Å². The predicted octanol–water partition coefficient (Wildman–Crippen LogP) is 2.43. The van der Waals surface area contributed by atoms with Crippen molar-refractivity contribution in [2.45, 2.75) is 33.2 Å². The first-order valence-electron chi connectivity index (χ1n) is 11.9. The zero-order valence-corrected chi connectivity index (χ0v) is 20.0. The van der Waals surface area contributed by atoms with Gasteiger partial charge in [0.25, 0.3) is 5.91 Å². The molecule has 0 unspecified atom stereocenters. The molecule has 1 fully saturated rings. The van der Waals surface area contributed by atoms with Crippen LogP contribution >= 0.6 is 0 Å². The predicted molar refractivity (Wildman–Crippen MR) is 126 cm³/mol. The van der Waals surface area contributed by atoms with Crippen molar-refractivity contribution in [3.63, 3.8) is 0 Å². The highest BCUT2D eigenvalue weighted by molar-refractivity contribution is 5.92. The van der Waals surface area contributed by atoms with Gasteiger partial charge in [0.2, 0.25) is 12.7 Å². The number of aromatic nitrogens is 2. The van der Waals surface area contributed by atoms with E-state index in [1.807, 2.05) is 17.0 Å². The summed E-state index contributed by atoms with van der Waals surface area (Å²) in [5.41, 5.74) is 1.49. The Morgan fingerprint density at radius 1 is 1.06 bits per heavy atom. The van der Waals surface area contributed by atoms with Gasteiger partial charge in [-0.1, -0.05) is 19.9 Å². The lowest BCUT2D eigenvalue weighted by Crippen LogP contribution is -2.49. The molecule has 1 aromatic carbocycles. The first-order valence-corrected chi connectivity index (χ1v) is 11.9. The number of hydrogen-bond acceptors (Lipinski definition) is 7. The van der Waals surface area contributed by atoms with Crippen LogP contribution in [0.25, 0.3) is 0 Å². The third-order valence-corrected chi connectivity index (χ3v) is 6.21. The monoisotopic (exact) mass is 467 g/mol. The molecule has 0 aliphatic carbocycles. The summed E-state index contributed by atoms with van der Waals surface area (Å²) < 4.78 is 10.8. The van der Waals surface area contributed by atoms with E-state index >= 15 is 0 Å². The molecule has 9 heteroatoms. The molecule has 2 aliphatic rings. The van der Waals surface area contributed by atoms with Crippen LogP contribution in [-0.2, 0) is 11.3 Å². The normalized spacial score (nSPS) is 15.6. The van der Waals surface area contributed by atoms with E-state index in [-0.39, 0.29) is 18.6 Å². The highest BCUT2D eigenvalue weighted by atomic mass is 16.7. The van der Waals surface area contributed by atoms with Gasteiger partial charge in [-0.2, -0.15) is 0 Å². The first kappa shape index (κ1) is 23.9. The van der Waals surface area contributed by atoms with Crippen LogP contribution in [0.15, 0.2) is 36.8 Å². The van der Waals surface area contributed by atoms with E-state index in [1.54, 1.807) is 11.1 Å². The van der Waals surface area contributed by atoms with E-state index in [0.29, 0.717) is 44.2 Å². The molecule has 2 amide bonds. The fourth-order valence-corrected chi connectivity index (χ4v) is 4.14. The Kier molecular flexibility index (Phi) is 7.95. The number of piperazine rings is 1. The summed E-state index contributed by atoms with van der Waals surface area (Å²) in [6, 6.07) is 6.04. The molecular formula is C25H33N5O4. The highest BCUT2D eigenvalue weighted by Gasteiger charge is 2.24. The number of carbonyl (C=O) groups excluding carboxylic acids is 2. The standard InChI is InChI=1S/C25H33N5O4/c1-19(2)5-9-30(25(32)21-16-26-7-8-27-21)10-6-24(31)29-13-11-28(12-14-29)17-20-3-4-22-23(15-20)34-18-33-22/h3-4,7-8,15-16,19H,5-6,9-14,17-18H2,1-2H3. The van der Waals surface area contributed by atoms with E-state index in [4.69, 9.17) is 9.47 Å². The summed E-state index contributed by atoms with van der Waals surface area (Å²) >= 11 is 0. The molecular weight excluding hydrogens is 434 g/mol. The maximum absolute atomic E-state index is 12.9. The summed E-state index contributed by atoms with van der Waals surface area (Å²) in [7, 11) is 0. The van der Waals surface area contributed by atoms with Crippen LogP contribution in [0, 0.1) is 5.92 Å². The highest BCUT2D eigenvalue weighted by Crippen LogP contribution is 2.32. The zero-order chi connectivity index (χ0) is 23.9. The van der Waals surface area contributed by atoms with Gasteiger partial charge in [0.05, 0.1) is 6.20 Å². The average Bonchev–Trinajstić information content (AvgIpc) is 3.32. The number of rotatable bonds is 9. The number of hydrogen-bond donors (Lipinski definition) is 0. The first-order chi connectivity index (χ1) is 16.5. The van der Waals surface area contributed by atoms with Crippen molar-refractivity contribution in [3.8, 4) is 11.5 Å². The third-order valence-electron chi connectivity index (χ3n) is 6.21. The molecule has 3 heterocycles. The van der Waals surface area contributed by atoms with E-state index in [9.17, 15) is 9.59 Å². The van der Waals surface area contributed by atoms with Gasteiger partial charge in [-0.3, -0.25) is 19.5 Å². The minimum atomic E-state index is -0.171. The molecule has 4 rings (SSSR count). The lowest BCUT2D eigenvalue weighted by molar-refractivity contribution is -0.133. The molecule has 182 valence electrons. The maximum atomic E-state index is 12.9. The molecule has 0 N–H and O–H groups in total. The van der Waals surface area contributed by atoms with Gasteiger partial charge in [0, 0.05) is 64.6 Å². The number of benzene rings is 1. The Morgan fingerprint density at radius 3 is 2.59 bits per heavy atom. The van der Waals surface area contributed by atoms with Crippen LogP contribution in [0.1, 0.15) is 42.7 Å². The molecule has 9 nitrogen and oxygen atoms in total. The summed E-state index contributed by atoms with van der Waals surface area (Å²) in [5.74, 6) is 1.97. The molecule has 2 aromatic rings. The van der Waals surface area contributed by atoms with Gasteiger partial charge in [-0.15, -0.1) is 0 Å². The van der Waals surface area contributed by atoms with Crippen LogP contribution < -0.4 is 9.47 Å². The fourth-order valence-electron chi connectivity index (χ4n) is 4.14. The van der Waals surface area contributed by atoms with Gasteiger partial charge in [0.1, 0.15) is 5.69 Å². The zero-order valence-electron chi connectivity index (χ0n) is 20.0. The van der Waals surface area contributed by atoms with Crippen molar-refractivity contribution in [2.75, 3.05) is 46.1 Å². The molecule has 0 spiro atoms. The van der Waals surface area contributed by atoms with E-state index in [2.05, 4.69) is 34.8 Å². The molecule has 2 aliphatic heterocycles. The Morgan fingerprint density at radius 2 is 1.85 bits per heavy atom. The molecule has 34 heavy (non-hydrogen) atoms. The van der Waals surface area contributed by atoms with Crippen LogP contribution in [0.4, 0.5) is 0 Å². The van der Waals surface area contributed by atoms with E-state index < -0.39 is 0 Å². The van der Waals surface area contributed by atoms with Crippen molar-refractivity contribution < 1.29 is 19.1 Å². The Bertz CT molecular complexity index is 977. The maximum Gasteiger partial charge on any atom is 0.274 e. The van der Waals surface area contributed by atoms with Gasteiger partial charge >= 0.3 is 0 Å². The molecule has 0 saturated carbocycles. The Balaban J connectivity index is 1.26. The van der Waals surface area contributed by atoms with Crippen LogP contribution in [0.5, 0.6) is 11.5 Å². The van der Waals surface area contributed by atoms with Gasteiger partial charge in [0.15, 0.2) is 11.5 Å². The lowest BCUT2D eigenvalue weighted by atomic mass is 10.1. The van der Waals surface area contributed by atoms with E-state index in [1.165, 1.54) is 18.0 Å². The van der Waals surface area contributed by atoms with Crippen molar-refractivity contribution in [1.82, 2.24) is 24.7 Å². The number of ether oxygens (including phenoxy) is 2. The van der Waals surface area contributed by atoms with Crippen molar-refractivity contribution >= 4 is 11.8 Å². The smallest absolute Gasteiger partial charge is 0.274 e. The number of amides is 2. The minimum Gasteiger partial charge on any atom is -0.454 e.